The quantitative estimate of drug-likeness (QED) is 0.858. The molecule has 1 aromatic heterocycles. The summed E-state index contributed by atoms with van der Waals surface area (Å²) in [4.78, 5) is 0.764. The second kappa shape index (κ2) is 6.62. The fourth-order valence-electron chi connectivity index (χ4n) is 2.15. The highest BCUT2D eigenvalue weighted by atomic mass is 35.5. The van der Waals surface area contributed by atoms with Gasteiger partial charge in [-0.15, -0.1) is 0 Å². The highest BCUT2D eigenvalue weighted by Gasteiger charge is 2.17. The van der Waals surface area contributed by atoms with Crippen LogP contribution in [0, 0.1) is 6.92 Å². The zero-order chi connectivity index (χ0) is 15.6. The molecule has 114 valence electrons. The Morgan fingerprint density at radius 3 is 2.67 bits per heavy atom. The van der Waals surface area contributed by atoms with Gasteiger partial charge in [-0.05, 0) is 44.0 Å². The number of halogens is 1. The van der Waals surface area contributed by atoms with Gasteiger partial charge >= 0.3 is 0 Å². The first-order valence-corrected chi connectivity index (χ1v) is 8.66. The Balaban J connectivity index is 2.31. The van der Waals surface area contributed by atoms with E-state index in [1.54, 1.807) is 12.1 Å². The van der Waals surface area contributed by atoms with Gasteiger partial charge in [-0.3, -0.25) is 8.89 Å². The first kappa shape index (κ1) is 16.0. The monoisotopic (exact) mass is 325 g/mol. The third-order valence-electron chi connectivity index (χ3n) is 3.47. The summed E-state index contributed by atoms with van der Waals surface area (Å²) >= 11 is 6.36. The maximum absolute atomic E-state index is 12.6. The summed E-state index contributed by atoms with van der Waals surface area (Å²) in [5.74, 6) is 0.364. The Morgan fingerprint density at radius 1 is 1.38 bits per heavy atom. The van der Waals surface area contributed by atoms with Crippen LogP contribution >= 0.6 is 11.6 Å². The van der Waals surface area contributed by atoms with E-state index in [2.05, 4.69) is 5.10 Å². The number of aromatic nitrogens is 2. The molecule has 0 aliphatic rings. The van der Waals surface area contributed by atoms with Crippen molar-refractivity contribution in [2.24, 2.45) is 0 Å². The smallest absolute Gasteiger partial charge is 0.0859 e. The molecule has 0 aliphatic heterocycles. The molecule has 1 unspecified atom stereocenters. The number of hydrogen-bond donors (Lipinski definition) is 1. The van der Waals surface area contributed by atoms with E-state index >= 15 is 0 Å². The number of rotatable bonds is 5. The largest absolute Gasteiger partial charge is 0.399 e. The minimum atomic E-state index is -1.16. The van der Waals surface area contributed by atoms with E-state index in [1.165, 1.54) is 0 Å². The van der Waals surface area contributed by atoms with Crippen LogP contribution in [0.15, 0.2) is 23.1 Å². The molecule has 0 radical (unpaired) electrons. The zero-order valence-electron chi connectivity index (χ0n) is 12.5. The third-order valence-corrected chi connectivity index (χ3v) is 5.22. The Morgan fingerprint density at radius 2 is 2.10 bits per heavy atom. The van der Waals surface area contributed by atoms with Gasteiger partial charge in [0.1, 0.15) is 0 Å². The standard InChI is InChI=1S/C15H20ClN3OS/c1-4-13-15(16)14(19(5-2)18-13)9-21(20)11-6-7-12(17)10(3)8-11/h6-8H,4-5,9,17H2,1-3H3. The second-order valence-corrected chi connectivity index (χ2v) is 6.71. The predicted octanol–water partition coefficient (Wildman–Crippen LogP) is 3.32. The predicted molar refractivity (Wildman–Crippen MR) is 88.0 cm³/mol. The van der Waals surface area contributed by atoms with Crippen molar-refractivity contribution < 1.29 is 4.21 Å². The molecule has 0 bridgehead atoms. The topological polar surface area (TPSA) is 60.9 Å². The van der Waals surface area contributed by atoms with Gasteiger partial charge in [0.25, 0.3) is 0 Å². The van der Waals surface area contributed by atoms with Crippen molar-refractivity contribution >= 4 is 28.1 Å². The van der Waals surface area contributed by atoms with E-state index in [1.807, 2.05) is 31.5 Å². The summed E-state index contributed by atoms with van der Waals surface area (Å²) in [6, 6.07) is 5.46. The van der Waals surface area contributed by atoms with E-state index in [-0.39, 0.29) is 0 Å². The molecule has 1 heterocycles. The minimum absolute atomic E-state index is 0.364. The van der Waals surface area contributed by atoms with Gasteiger partial charge in [0.2, 0.25) is 0 Å². The van der Waals surface area contributed by atoms with Gasteiger partial charge in [-0.2, -0.15) is 5.10 Å². The molecular weight excluding hydrogens is 306 g/mol. The van der Waals surface area contributed by atoms with E-state index in [0.29, 0.717) is 23.0 Å². The van der Waals surface area contributed by atoms with Crippen LogP contribution in [0.2, 0.25) is 5.02 Å². The molecular formula is C15H20ClN3OS. The highest BCUT2D eigenvalue weighted by molar-refractivity contribution is 7.84. The van der Waals surface area contributed by atoms with Crippen molar-refractivity contribution in [3.63, 3.8) is 0 Å². The first-order chi connectivity index (χ1) is 9.97. The Hall–Kier alpha value is -1.33. The fourth-order valence-corrected chi connectivity index (χ4v) is 3.80. The van der Waals surface area contributed by atoms with Gasteiger partial charge in [-0.1, -0.05) is 18.5 Å². The van der Waals surface area contributed by atoms with Gasteiger partial charge in [0, 0.05) is 17.1 Å². The summed E-state index contributed by atoms with van der Waals surface area (Å²) < 4.78 is 14.4. The molecule has 0 fully saturated rings. The number of nitrogens with two attached hydrogens (primary N) is 1. The van der Waals surface area contributed by atoms with E-state index in [4.69, 9.17) is 17.3 Å². The molecule has 2 rings (SSSR count). The number of hydrogen-bond acceptors (Lipinski definition) is 3. The fraction of sp³-hybridized carbons (Fsp3) is 0.400. The normalized spacial score (nSPS) is 12.6. The minimum Gasteiger partial charge on any atom is -0.399 e. The lowest BCUT2D eigenvalue weighted by molar-refractivity contribution is 0.623. The second-order valence-electron chi connectivity index (χ2n) is 4.88. The lowest BCUT2D eigenvalue weighted by atomic mass is 10.2. The molecule has 0 amide bonds. The summed E-state index contributed by atoms with van der Waals surface area (Å²) in [7, 11) is -1.16. The molecule has 2 aromatic rings. The maximum atomic E-state index is 12.6. The average Bonchev–Trinajstić information content (AvgIpc) is 2.78. The maximum Gasteiger partial charge on any atom is 0.0859 e. The number of nitrogens with zero attached hydrogens (tertiary/aromatic N) is 2. The van der Waals surface area contributed by atoms with Crippen LogP contribution in [-0.2, 0) is 29.5 Å². The van der Waals surface area contributed by atoms with E-state index < -0.39 is 10.8 Å². The van der Waals surface area contributed by atoms with Crippen LogP contribution in [-0.4, -0.2) is 14.0 Å². The average molecular weight is 326 g/mol. The number of nitrogen functional groups attached to an aromatic ring is 1. The molecule has 1 aromatic carbocycles. The Kier molecular flexibility index (Phi) is 5.06. The van der Waals surface area contributed by atoms with Crippen molar-refractivity contribution in [3.05, 3.63) is 40.2 Å². The zero-order valence-corrected chi connectivity index (χ0v) is 14.1. The van der Waals surface area contributed by atoms with Gasteiger partial charge in [-0.25, -0.2) is 0 Å². The van der Waals surface area contributed by atoms with Crippen LogP contribution in [0.4, 0.5) is 5.69 Å². The highest BCUT2D eigenvalue weighted by Crippen LogP contribution is 2.25. The third kappa shape index (κ3) is 3.30. The Bertz CT molecular complexity index is 682. The van der Waals surface area contributed by atoms with Gasteiger partial charge in [0.15, 0.2) is 0 Å². The van der Waals surface area contributed by atoms with E-state index in [0.717, 1.165) is 28.3 Å². The lowest BCUT2D eigenvalue weighted by Crippen LogP contribution is -2.07. The first-order valence-electron chi connectivity index (χ1n) is 6.96. The van der Waals surface area contributed by atoms with Crippen molar-refractivity contribution in [1.29, 1.82) is 0 Å². The van der Waals surface area contributed by atoms with Crippen LogP contribution in [0.3, 0.4) is 0 Å². The van der Waals surface area contributed by atoms with Gasteiger partial charge in [0.05, 0.1) is 33.0 Å². The van der Waals surface area contributed by atoms with Crippen LogP contribution in [0.1, 0.15) is 30.8 Å². The molecule has 6 heteroatoms. The summed E-state index contributed by atoms with van der Waals surface area (Å²) in [5, 5.41) is 5.09. The number of aryl methyl sites for hydroxylation is 3. The van der Waals surface area contributed by atoms with E-state index in [9.17, 15) is 4.21 Å². The van der Waals surface area contributed by atoms with Gasteiger partial charge < -0.3 is 5.73 Å². The van der Waals surface area contributed by atoms with Crippen molar-refractivity contribution in [3.8, 4) is 0 Å². The SMILES string of the molecule is CCc1nn(CC)c(CS(=O)c2ccc(N)c(C)c2)c1Cl. The summed E-state index contributed by atoms with van der Waals surface area (Å²) in [6.07, 6.45) is 0.770. The molecule has 1 atom stereocenters. The molecule has 21 heavy (non-hydrogen) atoms. The van der Waals surface area contributed by atoms with Crippen LogP contribution in [0.25, 0.3) is 0 Å². The molecule has 0 saturated heterocycles. The summed E-state index contributed by atoms with van der Waals surface area (Å²) in [5.41, 5.74) is 9.14. The molecule has 0 spiro atoms. The molecule has 4 nitrogen and oxygen atoms in total. The van der Waals surface area contributed by atoms with Crippen molar-refractivity contribution in [2.45, 2.75) is 44.4 Å². The van der Waals surface area contributed by atoms with Crippen molar-refractivity contribution in [1.82, 2.24) is 9.78 Å². The van der Waals surface area contributed by atoms with Crippen LogP contribution < -0.4 is 5.73 Å². The molecule has 0 aliphatic carbocycles. The lowest BCUT2D eigenvalue weighted by Gasteiger charge is -2.07. The summed E-state index contributed by atoms with van der Waals surface area (Å²) in [6.45, 7) is 6.64. The number of anilines is 1. The van der Waals surface area contributed by atoms with Crippen molar-refractivity contribution in [2.75, 3.05) is 5.73 Å². The van der Waals surface area contributed by atoms with Crippen LogP contribution in [0.5, 0.6) is 0 Å². The Labute approximate surface area is 132 Å². The number of benzene rings is 1. The molecule has 0 saturated carbocycles. The molecule has 2 N–H and O–H groups in total.